The first kappa shape index (κ1) is 17.4. The maximum Gasteiger partial charge on any atom is 0.327 e. The topological polar surface area (TPSA) is 41.6 Å². The molecule has 0 aromatic rings. The van der Waals surface area contributed by atoms with Crippen LogP contribution in [-0.4, -0.2) is 49.2 Å². The van der Waals surface area contributed by atoms with Crippen LogP contribution in [-0.2, 0) is 9.53 Å². The van der Waals surface area contributed by atoms with Crippen LogP contribution in [0.25, 0.3) is 0 Å². The number of carbonyl (C=O) groups excluding carboxylic acids is 1. The van der Waals surface area contributed by atoms with Gasteiger partial charge in [0.2, 0.25) is 0 Å². The van der Waals surface area contributed by atoms with Crippen LogP contribution in [0.1, 0.15) is 47.5 Å². The normalized spacial score (nSPS) is 15.2. The van der Waals surface area contributed by atoms with E-state index in [1.165, 1.54) is 7.11 Å². The third kappa shape index (κ3) is 4.94. The minimum absolute atomic E-state index is 0.200. The van der Waals surface area contributed by atoms with Gasteiger partial charge in [-0.15, -0.1) is 0 Å². The molecule has 0 fully saturated rings. The number of rotatable bonds is 8. The van der Waals surface area contributed by atoms with Crippen LogP contribution in [0.15, 0.2) is 0 Å². The predicted molar refractivity (Wildman–Crippen MR) is 75.7 cm³/mol. The van der Waals surface area contributed by atoms with E-state index in [2.05, 4.69) is 31.1 Å². The third-order valence-corrected chi connectivity index (χ3v) is 3.37. The van der Waals surface area contributed by atoms with Crippen molar-refractivity contribution >= 4 is 5.97 Å². The number of carbonyl (C=O) groups is 1. The molecule has 0 radical (unpaired) electrons. The highest BCUT2D eigenvalue weighted by molar-refractivity contribution is 5.80. The van der Waals surface area contributed by atoms with E-state index in [1.807, 2.05) is 20.8 Å². The smallest absolute Gasteiger partial charge is 0.327 e. The first-order valence-electron chi connectivity index (χ1n) is 6.87. The molecule has 0 aliphatic rings. The fourth-order valence-electron chi connectivity index (χ4n) is 2.57. The van der Waals surface area contributed by atoms with Crippen LogP contribution in [0.4, 0.5) is 0 Å². The van der Waals surface area contributed by atoms with Crippen LogP contribution in [0.5, 0.6) is 0 Å². The molecule has 4 nitrogen and oxygen atoms in total. The molecule has 1 unspecified atom stereocenters. The summed E-state index contributed by atoms with van der Waals surface area (Å²) in [6.07, 6.45) is 2.18. The van der Waals surface area contributed by atoms with Gasteiger partial charge in [0.15, 0.2) is 0 Å². The first-order chi connectivity index (χ1) is 8.30. The summed E-state index contributed by atoms with van der Waals surface area (Å²) in [6.45, 7) is 11.0. The second kappa shape index (κ2) is 7.74. The van der Waals surface area contributed by atoms with Crippen LogP contribution in [0.2, 0.25) is 0 Å². The Bertz CT molecular complexity index is 252. The Morgan fingerprint density at radius 1 is 1.33 bits per heavy atom. The number of likely N-dealkylation sites (N-methyl/N-ethyl adjacent to an activating group) is 1. The van der Waals surface area contributed by atoms with Gasteiger partial charge in [-0.05, 0) is 40.7 Å². The lowest BCUT2D eigenvalue weighted by Gasteiger charge is -2.37. The Balaban J connectivity index is 4.83. The maximum absolute atomic E-state index is 12.0. The van der Waals surface area contributed by atoms with Crippen molar-refractivity contribution in [3.05, 3.63) is 0 Å². The average molecular weight is 258 g/mol. The van der Waals surface area contributed by atoms with E-state index in [1.54, 1.807) is 0 Å². The molecule has 0 aliphatic heterocycles. The second-order valence-electron chi connectivity index (χ2n) is 5.51. The molecule has 0 rings (SSSR count). The van der Waals surface area contributed by atoms with Gasteiger partial charge in [-0.3, -0.25) is 10.1 Å². The van der Waals surface area contributed by atoms with Gasteiger partial charge < -0.3 is 9.64 Å². The number of esters is 1. The molecule has 0 aliphatic carbocycles. The Morgan fingerprint density at radius 2 is 1.83 bits per heavy atom. The molecule has 4 heteroatoms. The molecule has 1 atom stereocenters. The fourth-order valence-corrected chi connectivity index (χ4v) is 2.57. The summed E-state index contributed by atoms with van der Waals surface area (Å²) in [5.41, 5.74) is -0.653. The molecule has 0 saturated heterocycles. The third-order valence-electron chi connectivity index (χ3n) is 3.37. The molecule has 108 valence electrons. The molecule has 0 bridgehead atoms. The van der Waals surface area contributed by atoms with Crippen molar-refractivity contribution in [2.75, 3.05) is 20.7 Å². The van der Waals surface area contributed by atoms with E-state index in [0.717, 1.165) is 12.8 Å². The van der Waals surface area contributed by atoms with Gasteiger partial charge >= 0.3 is 5.97 Å². The van der Waals surface area contributed by atoms with Gasteiger partial charge in [-0.1, -0.05) is 13.8 Å². The van der Waals surface area contributed by atoms with Crippen molar-refractivity contribution in [2.45, 2.75) is 65.1 Å². The minimum atomic E-state index is -0.653. The van der Waals surface area contributed by atoms with Crippen LogP contribution in [0.3, 0.4) is 0 Å². The number of nitrogens with one attached hydrogen (secondary N) is 1. The zero-order valence-corrected chi connectivity index (χ0v) is 13.0. The first-order valence-corrected chi connectivity index (χ1v) is 6.87. The molecule has 0 aromatic carbocycles. The molecular weight excluding hydrogens is 228 g/mol. The Morgan fingerprint density at radius 3 is 2.17 bits per heavy atom. The summed E-state index contributed by atoms with van der Waals surface area (Å²) >= 11 is 0. The highest BCUT2D eigenvalue weighted by atomic mass is 16.5. The Hall–Kier alpha value is -0.610. The summed E-state index contributed by atoms with van der Waals surface area (Å²) in [4.78, 5) is 14.2. The van der Waals surface area contributed by atoms with Gasteiger partial charge in [0.25, 0.3) is 0 Å². The molecule has 18 heavy (non-hydrogen) atoms. The molecule has 0 aromatic heterocycles. The number of hydrogen-bond acceptors (Lipinski definition) is 4. The molecule has 1 N–H and O–H groups in total. The van der Waals surface area contributed by atoms with Gasteiger partial charge in [-0.25, -0.2) is 0 Å². The fraction of sp³-hybridized carbons (Fsp3) is 0.929. The van der Waals surface area contributed by atoms with Crippen LogP contribution >= 0.6 is 0 Å². The lowest BCUT2D eigenvalue weighted by Crippen LogP contribution is -2.59. The molecule has 0 saturated carbocycles. The minimum Gasteiger partial charge on any atom is -0.468 e. The lowest BCUT2D eigenvalue weighted by atomic mass is 9.99. The second-order valence-corrected chi connectivity index (χ2v) is 5.51. The molecular formula is C14H30N2O2. The summed E-state index contributed by atoms with van der Waals surface area (Å²) in [6, 6.07) is 0.743. The largest absolute Gasteiger partial charge is 0.468 e. The van der Waals surface area contributed by atoms with Gasteiger partial charge in [0.1, 0.15) is 5.54 Å². The standard InChI is InChI=1S/C14H30N2O2/c1-8-12(9-2)16(6)10-14(5,13(17)18-7)15-11(3)4/h11-12,15H,8-10H2,1-7H3. The summed E-state index contributed by atoms with van der Waals surface area (Å²) < 4.78 is 4.94. The van der Waals surface area contributed by atoms with Crippen molar-refractivity contribution in [1.29, 1.82) is 0 Å². The van der Waals surface area contributed by atoms with E-state index >= 15 is 0 Å². The Labute approximate surface area is 112 Å². The maximum atomic E-state index is 12.0. The Kier molecular flexibility index (Phi) is 7.48. The molecule has 0 heterocycles. The van der Waals surface area contributed by atoms with Gasteiger partial charge in [0, 0.05) is 18.6 Å². The van der Waals surface area contributed by atoms with Crippen LogP contribution < -0.4 is 5.32 Å². The number of methoxy groups -OCH3 is 1. The zero-order chi connectivity index (χ0) is 14.3. The van der Waals surface area contributed by atoms with E-state index < -0.39 is 5.54 Å². The highest BCUT2D eigenvalue weighted by Gasteiger charge is 2.36. The number of ether oxygens (including phenoxy) is 1. The van der Waals surface area contributed by atoms with Crippen molar-refractivity contribution < 1.29 is 9.53 Å². The molecule has 0 amide bonds. The molecule has 0 spiro atoms. The number of nitrogens with zero attached hydrogens (tertiary/aromatic N) is 1. The van der Waals surface area contributed by atoms with E-state index in [0.29, 0.717) is 12.6 Å². The SMILES string of the molecule is CCC(CC)N(C)CC(C)(NC(C)C)C(=O)OC. The summed E-state index contributed by atoms with van der Waals surface area (Å²) in [5, 5.41) is 3.32. The summed E-state index contributed by atoms with van der Waals surface area (Å²) in [7, 11) is 3.51. The zero-order valence-electron chi connectivity index (χ0n) is 13.0. The van der Waals surface area contributed by atoms with Gasteiger partial charge in [-0.2, -0.15) is 0 Å². The monoisotopic (exact) mass is 258 g/mol. The lowest BCUT2D eigenvalue weighted by molar-refractivity contribution is -0.149. The highest BCUT2D eigenvalue weighted by Crippen LogP contribution is 2.14. The van der Waals surface area contributed by atoms with Crippen molar-refractivity contribution in [3.63, 3.8) is 0 Å². The quantitative estimate of drug-likeness (QED) is 0.677. The average Bonchev–Trinajstić information content (AvgIpc) is 2.28. The van der Waals surface area contributed by atoms with Crippen LogP contribution in [0, 0.1) is 0 Å². The van der Waals surface area contributed by atoms with Crippen molar-refractivity contribution in [3.8, 4) is 0 Å². The van der Waals surface area contributed by atoms with E-state index in [4.69, 9.17) is 4.74 Å². The van der Waals surface area contributed by atoms with Gasteiger partial charge in [0.05, 0.1) is 7.11 Å². The number of hydrogen-bond donors (Lipinski definition) is 1. The van der Waals surface area contributed by atoms with E-state index in [9.17, 15) is 4.79 Å². The van der Waals surface area contributed by atoms with E-state index in [-0.39, 0.29) is 12.0 Å². The predicted octanol–water partition coefficient (Wildman–Crippen LogP) is 2.04. The summed E-state index contributed by atoms with van der Waals surface area (Å²) in [5.74, 6) is -0.200. The van der Waals surface area contributed by atoms with Crippen molar-refractivity contribution in [2.24, 2.45) is 0 Å². The van der Waals surface area contributed by atoms with Crippen molar-refractivity contribution in [1.82, 2.24) is 10.2 Å².